The second-order valence-electron chi connectivity index (χ2n) is 5.70. The Labute approximate surface area is 141 Å². The van der Waals surface area contributed by atoms with Gasteiger partial charge in [0.25, 0.3) is 0 Å². The third kappa shape index (κ3) is 4.09. The van der Waals surface area contributed by atoms with Crippen molar-refractivity contribution >= 4 is 24.0 Å². The lowest BCUT2D eigenvalue weighted by molar-refractivity contribution is -0.115. The van der Waals surface area contributed by atoms with Crippen LogP contribution in [0.25, 0.3) is 0 Å². The minimum atomic E-state index is -0.295. The van der Waals surface area contributed by atoms with Crippen molar-refractivity contribution in [2.24, 2.45) is 0 Å². The zero-order valence-corrected chi connectivity index (χ0v) is 13.8. The number of aryl methyl sites for hydroxylation is 1. The molecule has 0 bridgehead atoms. The van der Waals surface area contributed by atoms with E-state index < -0.39 is 0 Å². The van der Waals surface area contributed by atoms with Crippen LogP contribution in [0.4, 0.5) is 10.1 Å². The van der Waals surface area contributed by atoms with Crippen molar-refractivity contribution < 1.29 is 9.18 Å². The highest BCUT2D eigenvalue weighted by Gasteiger charge is 2.17. The minimum absolute atomic E-state index is 0. The summed E-state index contributed by atoms with van der Waals surface area (Å²) in [6, 6.07) is 11.3. The Morgan fingerprint density at radius 2 is 1.96 bits per heavy atom. The van der Waals surface area contributed by atoms with E-state index in [9.17, 15) is 9.18 Å². The summed E-state index contributed by atoms with van der Waals surface area (Å²) in [7, 11) is 0. The molecule has 1 aliphatic heterocycles. The minimum Gasteiger partial charge on any atom is -0.323 e. The largest absolute Gasteiger partial charge is 0.323 e. The van der Waals surface area contributed by atoms with Gasteiger partial charge in [0.2, 0.25) is 5.91 Å². The number of hydrogen-bond donors (Lipinski definition) is 2. The predicted molar refractivity (Wildman–Crippen MR) is 92.6 cm³/mol. The summed E-state index contributed by atoms with van der Waals surface area (Å²) in [5, 5.41) is 5.90. The second kappa shape index (κ2) is 7.57. The molecule has 1 heterocycles. The zero-order valence-electron chi connectivity index (χ0n) is 13.0. The SMILES string of the molecule is Cc1ccc(CC(=O)Nc2ccc3c(c2F)CCNC3)cc1.Cl. The third-order valence-electron chi connectivity index (χ3n) is 3.97. The van der Waals surface area contributed by atoms with Crippen LogP contribution in [0.5, 0.6) is 0 Å². The number of rotatable bonds is 3. The molecule has 2 aromatic rings. The summed E-state index contributed by atoms with van der Waals surface area (Å²) in [4.78, 5) is 12.1. The molecule has 0 fully saturated rings. The predicted octanol–water partition coefficient (Wildman–Crippen LogP) is 3.38. The molecule has 0 spiro atoms. The first-order valence-electron chi connectivity index (χ1n) is 7.50. The van der Waals surface area contributed by atoms with E-state index in [1.54, 1.807) is 6.07 Å². The van der Waals surface area contributed by atoms with Gasteiger partial charge in [-0.3, -0.25) is 4.79 Å². The maximum atomic E-state index is 14.5. The van der Waals surface area contributed by atoms with Gasteiger partial charge in [-0.2, -0.15) is 0 Å². The van der Waals surface area contributed by atoms with Crippen LogP contribution in [0.3, 0.4) is 0 Å². The summed E-state index contributed by atoms with van der Waals surface area (Å²) < 4.78 is 14.5. The van der Waals surface area contributed by atoms with Gasteiger partial charge in [0.1, 0.15) is 5.82 Å². The highest BCUT2D eigenvalue weighted by Crippen LogP contribution is 2.24. The topological polar surface area (TPSA) is 41.1 Å². The first-order chi connectivity index (χ1) is 10.6. The molecule has 0 aliphatic carbocycles. The number of anilines is 1. The van der Waals surface area contributed by atoms with Crippen molar-refractivity contribution in [1.82, 2.24) is 5.32 Å². The van der Waals surface area contributed by atoms with Crippen LogP contribution < -0.4 is 10.6 Å². The van der Waals surface area contributed by atoms with E-state index >= 15 is 0 Å². The molecule has 122 valence electrons. The molecule has 0 aromatic heterocycles. The Hall–Kier alpha value is -1.91. The Bertz CT molecular complexity index is 701. The van der Waals surface area contributed by atoms with E-state index in [1.807, 2.05) is 37.3 Å². The Kier molecular flexibility index (Phi) is 5.74. The van der Waals surface area contributed by atoms with Crippen LogP contribution in [0, 0.1) is 12.7 Å². The monoisotopic (exact) mass is 334 g/mol. The molecule has 3 nitrogen and oxygen atoms in total. The standard InChI is InChI=1S/C18H19FN2O.ClH/c1-12-2-4-13(5-3-12)10-17(22)21-16-7-6-14-11-20-9-8-15(14)18(16)19;/h2-7,20H,8-11H2,1H3,(H,21,22);1H. The van der Waals surface area contributed by atoms with Crippen LogP contribution in [0.2, 0.25) is 0 Å². The van der Waals surface area contributed by atoms with Crippen LogP contribution in [0.15, 0.2) is 36.4 Å². The molecule has 0 saturated heterocycles. The van der Waals surface area contributed by atoms with Gasteiger partial charge in [-0.05, 0) is 42.6 Å². The molecule has 2 aromatic carbocycles. The zero-order chi connectivity index (χ0) is 15.5. The molecule has 23 heavy (non-hydrogen) atoms. The first kappa shape index (κ1) is 17.4. The highest BCUT2D eigenvalue weighted by molar-refractivity contribution is 5.92. The second-order valence-corrected chi connectivity index (χ2v) is 5.70. The first-order valence-corrected chi connectivity index (χ1v) is 7.50. The lowest BCUT2D eigenvalue weighted by Crippen LogP contribution is -2.25. The Morgan fingerprint density at radius 3 is 2.70 bits per heavy atom. The van der Waals surface area contributed by atoms with E-state index in [0.717, 1.165) is 23.2 Å². The van der Waals surface area contributed by atoms with Gasteiger partial charge in [-0.1, -0.05) is 35.9 Å². The average Bonchev–Trinajstić information content (AvgIpc) is 2.53. The fourth-order valence-electron chi connectivity index (χ4n) is 2.72. The van der Waals surface area contributed by atoms with Gasteiger partial charge in [0.05, 0.1) is 12.1 Å². The third-order valence-corrected chi connectivity index (χ3v) is 3.97. The Morgan fingerprint density at radius 1 is 1.22 bits per heavy atom. The van der Waals surface area contributed by atoms with Gasteiger partial charge in [-0.25, -0.2) is 4.39 Å². The molecule has 3 rings (SSSR count). The van der Waals surface area contributed by atoms with Crippen LogP contribution in [-0.2, 0) is 24.2 Å². The van der Waals surface area contributed by atoms with Gasteiger partial charge in [0.15, 0.2) is 0 Å². The summed E-state index contributed by atoms with van der Waals surface area (Å²) in [5.74, 6) is -0.493. The number of halogens is 2. The number of benzene rings is 2. The van der Waals surface area contributed by atoms with Gasteiger partial charge in [-0.15, -0.1) is 12.4 Å². The fourth-order valence-corrected chi connectivity index (χ4v) is 2.72. The molecule has 5 heteroatoms. The van der Waals surface area contributed by atoms with Crippen LogP contribution in [0.1, 0.15) is 22.3 Å². The Balaban J connectivity index is 0.00000192. The van der Waals surface area contributed by atoms with Crippen LogP contribution in [-0.4, -0.2) is 12.5 Å². The van der Waals surface area contributed by atoms with Gasteiger partial charge < -0.3 is 10.6 Å². The van der Waals surface area contributed by atoms with Crippen molar-refractivity contribution in [2.75, 3.05) is 11.9 Å². The lowest BCUT2D eigenvalue weighted by Gasteiger charge is -2.19. The molecular weight excluding hydrogens is 315 g/mol. The number of nitrogens with one attached hydrogen (secondary N) is 2. The fraction of sp³-hybridized carbons (Fsp3) is 0.278. The molecular formula is C18H20ClFN2O. The number of carbonyl (C=O) groups is 1. The number of hydrogen-bond acceptors (Lipinski definition) is 2. The quantitative estimate of drug-likeness (QED) is 0.903. The normalized spacial score (nSPS) is 13.0. The maximum absolute atomic E-state index is 14.5. The van der Waals surface area contributed by atoms with Crippen molar-refractivity contribution in [2.45, 2.75) is 26.3 Å². The number of fused-ring (bicyclic) bond motifs is 1. The van der Waals surface area contributed by atoms with E-state index in [-0.39, 0.29) is 36.2 Å². The van der Waals surface area contributed by atoms with Crippen molar-refractivity contribution in [1.29, 1.82) is 0 Å². The number of amides is 1. The lowest BCUT2D eigenvalue weighted by atomic mass is 9.99. The maximum Gasteiger partial charge on any atom is 0.228 e. The van der Waals surface area contributed by atoms with Crippen molar-refractivity contribution in [3.8, 4) is 0 Å². The van der Waals surface area contributed by atoms with Gasteiger partial charge >= 0.3 is 0 Å². The van der Waals surface area contributed by atoms with Gasteiger partial charge in [0, 0.05) is 6.54 Å². The molecule has 1 amide bonds. The number of carbonyl (C=O) groups excluding carboxylic acids is 1. The van der Waals surface area contributed by atoms with E-state index in [1.165, 1.54) is 0 Å². The summed E-state index contributed by atoms with van der Waals surface area (Å²) in [6.45, 7) is 3.45. The molecule has 0 unspecified atom stereocenters. The summed E-state index contributed by atoms with van der Waals surface area (Å²) >= 11 is 0. The molecule has 0 saturated carbocycles. The molecule has 1 aliphatic rings. The summed E-state index contributed by atoms with van der Waals surface area (Å²) in [5.41, 5.74) is 4.04. The molecule has 2 N–H and O–H groups in total. The van der Waals surface area contributed by atoms with Crippen molar-refractivity contribution in [3.63, 3.8) is 0 Å². The smallest absolute Gasteiger partial charge is 0.228 e. The molecule has 0 atom stereocenters. The highest BCUT2D eigenvalue weighted by atomic mass is 35.5. The van der Waals surface area contributed by atoms with E-state index in [0.29, 0.717) is 18.5 Å². The van der Waals surface area contributed by atoms with Crippen molar-refractivity contribution in [3.05, 3.63) is 64.5 Å². The van der Waals surface area contributed by atoms with Crippen LogP contribution >= 0.6 is 12.4 Å². The van der Waals surface area contributed by atoms with E-state index in [2.05, 4.69) is 10.6 Å². The molecule has 0 radical (unpaired) electrons. The van der Waals surface area contributed by atoms with E-state index in [4.69, 9.17) is 0 Å². The average molecular weight is 335 g/mol. The summed E-state index contributed by atoms with van der Waals surface area (Å²) in [6.07, 6.45) is 0.904.